The SMILES string of the molecule is COc1ccc(OCC(=O)Nc2nnc(-c3ccc(S(=O)(=O)C(C)C)cc3)o2)cc1. The summed E-state index contributed by atoms with van der Waals surface area (Å²) in [6.07, 6.45) is 0. The number of ether oxygens (including phenoxy) is 2. The molecule has 0 bridgehead atoms. The van der Waals surface area contributed by atoms with Gasteiger partial charge in [0.1, 0.15) is 11.5 Å². The van der Waals surface area contributed by atoms with E-state index < -0.39 is 21.0 Å². The van der Waals surface area contributed by atoms with Crippen LogP contribution in [0.4, 0.5) is 6.01 Å². The molecule has 0 aliphatic rings. The van der Waals surface area contributed by atoms with Crippen LogP contribution in [0.1, 0.15) is 13.8 Å². The molecule has 3 rings (SSSR count). The number of amides is 1. The molecule has 30 heavy (non-hydrogen) atoms. The van der Waals surface area contributed by atoms with Gasteiger partial charge in [0.2, 0.25) is 5.89 Å². The summed E-state index contributed by atoms with van der Waals surface area (Å²) in [5.41, 5.74) is 0.528. The number of benzene rings is 2. The minimum absolute atomic E-state index is 0.0905. The highest BCUT2D eigenvalue weighted by Gasteiger charge is 2.19. The van der Waals surface area contributed by atoms with Gasteiger partial charge in [0.25, 0.3) is 5.91 Å². The highest BCUT2D eigenvalue weighted by atomic mass is 32.2. The summed E-state index contributed by atoms with van der Waals surface area (Å²) in [7, 11) is -1.80. The molecule has 0 saturated carbocycles. The van der Waals surface area contributed by atoms with Crippen LogP contribution in [0.15, 0.2) is 57.8 Å². The average Bonchev–Trinajstić information content (AvgIpc) is 3.21. The minimum Gasteiger partial charge on any atom is -0.497 e. The lowest BCUT2D eigenvalue weighted by Crippen LogP contribution is -2.20. The number of nitrogens with zero attached hydrogens (tertiary/aromatic N) is 2. The molecule has 0 fully saturated rings. The fourth-order valence-corrected chi connectivity index (χ4v) is 3.49. The summed E-state index contributed by atoms with van der Waals surface area (Å²) >= 11 is 0. The van der Waals surface area contributed by atoms with E-state index in [2.05, 4.69) is 15.5 Å². The van der Waals surface area contributed by atoms with Crippen molar-refractivity contribution in [3.63, 3.8) is 0 Å². The third-order valence-corrected chi connectivity index (χ3v) is 6.32. The van der Waals surface area contributed by atoms with Gasteiger partial charge in [-0.3, -0.25) is 10.1 Å². The van der Waals surface area contributed by atoms with Crippen LogP contribution in [0.25, 0.3) is 11.5 Å². The van der Waals surface area contributed by atoms with Gasteiger partial charge < -0.3 is 13.9 Å². The van der Waals surface area contributed by atoms with Gasteiger partial charge in [0.05, 0.1) is 17.3 Å². The van der Waals surface area contributed by atoms with Crippen molar-refractivity contribution in [2.45, 2.75) is 24.0 Å². The lowest BCUT2D eigenvalue weighted by Gasteiger charge is -2.07. The van der Waals surface area contributed by atoms with Crippen molar-refractivity contribution in [3.8, 4) is 23.0 Å². The molecule has 2 aromatic carbocycles. The topological polar surface area (TPSA) is 121 Å². The van der Waals surface area contributed by atoms with Crippen LogP contribution in [0.3, 0.4) is 0 Å². The first-order valence-corrected chi connectivity index (χ1v) is 10.6. The van der Waals surface area contributed by atoms with Gasteiger partial charge in [-0.25, -0.2) is 8.42 Å². The van der Waals surface area contributed by atoms with Crippen LogP contribution in [0.2, 0.25) is 0 Å². The highest BCUT2D eigenvalue weighted by molar-refractivity contribution is 7.92. The minimum atomic E-state index is -3.36. The second kappa shape index (κ2) is 8.95. The third-order valence-electron chi connectivity index (χ3n) is 4.15. The predicted octanol–water partition coefficient (Wildman–Crippen LogP) is 2.94. The number of carbonyl (C=O) groups excluding carboxylic acids is 1. The monoisotopic (exact) mass is 431 g/mol. The van der Waals surface area contributed by atoms with Crippen LogP contribution in [-0.4, -0.2) is 43.5 Å². The van der Waals surface area contributed by atoms with E-state index >= 15 is 0 Å². The van der Waals surface area contributed by atoms with Crippen molar-refractivity contribution in [2.75, 3.05) is 19.0 Å². The van der Waals surface area contributed by atoms with Gasteiger partial charge in [0, 0.05) is 5.56 Å². The van der Waals surface area contributed by atoms with E-state index in [0.29, 0.717) is 17.1 Å². The predicted molar refractivity (Wildman–Crippen MR) is 109 cm³/mol. The highest BCUT2D eigenvalue weighted by Crippen LogP contribution is 2.23. The normalized spacial score (nSPS) is 11.3. The van der Waals surface area contributed by atoms with Crippen LogP contribution >= 0.6 is 0 Å². The Balaban J connectivity index is 1.59. The Hall–Kier alpha value is -3.40. The van der Waals surface area contributed by atoms with E-state index in [1.54, 1.807) is 57.4 Å². The van der Waals surface area contributed by atoms with E-state index in [1.807, 2.05) is 0 Å². The first-order valence-electron chi connectivity index (χ1n) is 9.04. The number of methoxy groups -OCH3 is 1. The van der Waals surface area contributed by atoms with Gasteiger partial charge in [-0.15, -0.1) is 5.10 Å². The molecule has 0 aliphatic heterocycles. The Morgan fingerprint density at radius 1 is 1.03 bits per heavy atom. The molecule has 0 unspecified atom stereocenters. The van der Waals surface area contributed by atoms with Crippen molar-refractivity contribution < 1.29 is 27.1 Å². The maximum Gasteiger partial charge on any atom is 0.322 e. The summed E-state index contributed by atoms with van der Waals surface area (Å²) in [5.74, 6) is 0.864. The number of nitrogens with one attached hydrogen (secondary N) is 1. The van der Waals surface area contributed by atoms with Crippen LogP contribution in [-0.2, 0) is 14.6 Å². The van der Waals surface area contributed by atoms with Gasteiger partial charge in [-0.1, -0.05) is 5.10 Å². The molecular weight excluding hydrogens is 410 g/mol. The van der Waals surface area contributed by atoms with Gasteiger partial charge in [0.15, 0.2) is 16.4 Å². The van der Waals surface area contributed by atoms with E-state index in [-0.39, 0.29) is 23.4 Å². The van der Waals surface area contributed by atoms with E-state index in [0.717, 1.165) is 0 Å². The maximum absolute atomic E-state index is 12.2. The van der Waals surface area contributed by atoms with Crippen molar-refractivity contribution in [2.24, 2.45) is 0 Å². The zero-order valence-corrected chi connectivity index (χ0v) is 17.5. The summed E-state index contributed by atoms with van der Waals surface area (Å²) in [4.78, 5) is 12.2. The number of hydrogen-bond acceptors (Lipinski definition) is 8. The van der Waals surface area contributed by atoms with Crippen LogP contribution in [0.5, 0.6) is 11.5 Å². The zero-order chi connectivity index (χ0) is 21.7. The maximum atomic E-state index is 12.2. The Morgan fingerprint density at radius 2 is 1.67 bits per heavy atom. The number of carbonyl (C=O) groups is 1. The quantitative estimate of drug-likeness (QED) is 0.578. The van der Waals surface area contributed by atoms with Crippen molar-refractivity contribution in [1.29, 1.82) is 0 Å². The first kappa shape index (κ1) is 21.3. The molecule has 3 aromatic rings. The number of hydrogen-bond donors (Lipinski definition) is 1. The molecule has 158 valence electrons. The molecule has 0 radical (unpaired) electrons. The van der Waals surface area contributed by atoms with E-state index in [9.17, 15) is 13.2 Å². The summed E-state index contributed by atoms with van der Waals surface area (Å²) < 4.78 is 40.2. The second-order valence-corrected chi connectivity index (χ2v) is 9.05. The standard InChI is InChI=1S/C20H21N3O6S/c1-13(2)30(25,26)17-10-4-14(5-11-17)19-22-23-20(29-19)21-18(24)12-28-16-8-6-15(27-3)7-9-16/h4-11,13H,12H2,1-3H3,(H,21,23,24). The lowest BCUT2D eigenvalue weighted by atomic mass is 10.2. The zero-order valence-electron chi connectivity index (χ0n) is 16.7. The Kier molecular flexibility index (Phi) is 6.36. The molecule has 0 aliphatic carbocycles. The molecule has 1 heterocycles. The number of aromatic nitrogens is 2. The third kappa shape index (κ3) is 4.95. The van der Waals surface area contributed by atoms with E-state index in [1.165, 1.54) is 12.1 Å². The fraction of sp³-hybridized carbons (Fsp3) is 0.250. The van der Waals surface area contributed by atoms with Gasteiger partial charge in [-0.2, -0.15) is 0 Å². The summed E-state index contributed by atoms with van der Waals surface area (Å²) in [5, 5.41) is 9.57. The molecule has 0 atom stereocenters. The molecular formula is C20H21N3O6S. The summed E-state index contributed by atoms with van der Waals surface area (Å²) in [6.45, 7) is 2.99. The van der Waals surface area contributed by atoms with Crippen molar-refractivity contribution in [3.05, 3.63) is 48.5 Å². The molecule has 9 nitrogen and oxygen atoms in total. The van der Waals surface area contributed by atoms with Crippen molar-refractivity contribution >= 4 is 21.8 Å². The average molecular weight is 431 g/mol. The molecule has 1 aromatic heterocycles. The number of rotatable bonds is 8. The van der Waals surface area contributed by atoms with Crippen molar-refractivity contribution in [1.82, 2.24) is 10.2 Å². The Labute approximate surface area is 174 Å². The molecule has 10 heteroatoms. The largest absolute Gasteiger partial charge is 0.497 e. The Morgan fingerprint density at radius 3 is 2.27 bits per heavy atom. The van der Waals surface area contributed by atoms with Gasteiger partial charge in [-0.05, 0) is 62.4 Å². The summed E-state index contributed by atoms with van der Waals surface area (Å²) in [6, 6.07) is 12.8. The molecule has 1 amide bonds. The van der Waals surface area contributed by atoms with Gasteiger partial charge >= 0.3 is 6.01 Å². The number of sulfone groups is 1. The first-order chi connectivity index (χ1) is 14.3. The van der Waals surface area contributed by atoms with Crippen LogP contribution < -0.4 is 14.8 Å². The molecule has 1 N–H and O–H groups in total. The molecule has 0 saturated heterocycles. The Bertz CT molecular complexity index is 1110. The number of anilines is 1. The lowest BCUT2D eigenvalue weighted by molar-refractivity contribution is -0.118. The fourth-order valence-electron chi connectivity index (χ4n) is 2.43. The second-order valence-electron chi connectivity index (χ2n) is 6.54. The molecule has 0 spiro atoms. The van der Waals surface area contributed by atoms with E-state index in [4.69, 9.17) is 13.9 Å². The van der Waals surface area contributed by atoms with Crippen LogP contribution in [0, 0.1) is 0 Å². The smallest absolute Gasteiger partial charge is 0.322 e.